The van der Waals surface area contributed by atoms with Crippen LogP contribution < -0.4 is 5.32 Å². The molecular formula is C12H19NO5. The topological polar surface area (TPSA) is 92.7 Å². The predicted molar refractivity (Wildman–Crippen MR) is 64.8 cm³/mol. The molecule has 6 heteroatoms. The van der Waals surface area contributed by atoms with Crippen molar-refractivity contribution < 1.29 is 24.2 Å². The lowest BCUT2D eigenvalue weighted by Crippen LogP contribution is -2.45. The second-order valence-corrected chi connectivity index (χ2v) is 4.39. The Morgan fingerprint density at radius 1 is 1.11 bits per heavy atom. The lowest BCUT2D eigenvalue weighted by Gasteiger charge is -2.21. The smallest absolute Gasteiger partial charge is 0.329 e. The number of carbonyl (C=O) groups is 3. The summed E-state index contributed by atoms with van der Waals surface area (Å²) in [6.45, 7) is 6.93. The molecular weight excluding hydrogens is 238 g/mol. The van der Waals surface area contributed by atoms with E-state index >= 15 is 0 Å². The van der Waals surface area contributed by atoms with Gasteiger partial charge in [0, 0.05) is 12.2 Å². The predicted octanol–water partition coefficient (Wildman–Crippen LogP) is 0.720. The summed E-state index contributed by atoms with van der Waals surface area (Å²) in [5.74, 6) is -2.55. The van der Waals surface area contributed by atoms with Gasteiger partial charge in [0.1, 0.15) is 6.04 Å². The molecule has 18 heavy (non-hydrogen) atoms. The number of ether oxygens (including phenoxy) is 1. The summed E-state index contributed by atoms with van der Waals surface area (Å²) < 4.78 is 5.01. The van der Waals surface area contributed by atoms with Crippen molar-refractivity contribution in [3.63, 3.8) is 0 Å². The average molecular weight is 257 g/mol. The van der Waals surface area contributed by atoms with Gasteiger partial charge in [-0.3, -0.25) is 4.79 Å². The molecule has 2 N–H and O–H groups in total. The Balaban J connectivity index is 4.59. The normalized spacial score (nSPS) is 12.8. The van der Waals surface area contributed by atoms with Crippen LogP contribution in [0.4, 0.5) is 0 Å². The average Bonchev–Trinajstić information content (AvgIpc) is 2.21. The summed E-state index contributed by atoms with van der Waals surface area (Å²) in [6, 6.07) is -0.793. The van der Waals surface area contributed by atoms with E-state index in [9.17, 15) is 14.4 Å². The number of amides is 1. The lowest BCUT2D eigenvalue weighted by molar-refractivity contribution is -0.152. The van der Waals surface area contributed by atoms with Gasteiger partial charge >= 0.3 is 11.9 Å². The summed E-state index contributed by atoms with van der Waals surface area (Å²) in [5.41, 5.74) is 0. The van der Waals surface area contributed by atoms with Gasteiger partial charge in [-0.05, 0) is 19.8 Å². The highest BCUT2D eigenvalue weighted by atomic mass is 16.5. The van der Waals surface area contributed by atoms with Crippen molar-refractivity contribution in [3.8, 4) is 0 Å². The maximum absolute atomic E-state index is 11.7. The summed E-state index contributed by atoms with van der Waals surface area (Å²) in [4.78, 5) is 33.3. The second-order valence-electron chi connectivity index (χ2n) is 4.39. The maximum Gasteiger partial charge on any atom is 0.329 e. The molecule has 0 saturated heterocycles. The third-order valence-corrected chi connectivity index (χ3v) is 1.95. The fourth-order valence-corrected chi connectivity index (χ4v) is 1.15. The van der Waals surface area contributed by atoms with E-state index in [2.05, 4.69) is 5.32 Å². The maximum atomic E-state index is 11.7. The van der Waals surface area contributed by atoms with E-state index in [0.717, 1.165) is 6.08 Å². The SMILES string of the molecule is CC(C)OC(=O)[C@@H](NC(=O)/C=C/C(=O)O)C(C)C. The van der Waals surface area contributed by atoms with E-state index in [4.69, 9.17) is 9.84 Å². The van der Waals surface area contributed by atoms with Gasteiger partial charge in [0.2, 0.25) is 5.91 Å². The largest absolute Gasteiger partial charge is 0.478 e. The van der Waals surface area contributed by atoms with Gasteiger partial charge in [-0.2, -0.15) is 0 Å². The highest BCUT2D eigenvalue weighted by Crippen LogP contribution is 2.05. The molecule has 0 heterocycles. The molecule has 6 nitrogen and oxygen atoms in total. The van der Waals surface area contributed by atoms with Crippen LogP contribution in [-0.4, -0.2) is 35.1 Å². The standard InChI is InChI=1S/C12H19NO5/c1-7(2)11(12(17)18-8(3)4)13-9(14)5-6-10(15)16/h5-8,11H,1-4H3,(H,13,14)(H,15,16)/b6-5+/t11-/m0/s1. The van der Waals surface area contributed by atoms with Crippen molar-refractivity contribution in [2.24, 2.45) is 5.92 Å². The van der Waals surface area contributed by atoms with E-state index in [0.29, 0.717) is 6.08 Å². The van der Waals surface area contributed by atoms with Crippen LogP contribution >= 0.6 is 0 Å². The van der Waals surface area contributed by atoms with Crippen LogP contribution in [0.15, 0.2) is 12.2 Å². The number of hydrogen-bond acceptors (Lipinski definition) is 4. The van der Waals surface area contributed by atoms with Gasteiger partial charge in [-0.25, -0.2) is 9.59 Å². The molecule has 1 atom stereocenters. The Morgan fingerprint density at radius 3 is 2.06 bits per heavy atom. The molecule has 0 spiro atoms. The summed E-state index contributed by atoms with van der Waals surface area (Å²) in [7, 11) is 0. The fourth-order valence-electron chi connectivity index (χ4n) is 1.15. The van der Waals surface area contributed by atoms with Gasteiger partial charge in [-0.1, -0.05) is 13.8 Å². The first-order chi connectivity index (χ1) is 8.23. The fraction of sp³-hybridized carbons (Fsp3) is 0.583. The number of rotatable bonds is 6. The quantitative estimate of drug-likeness (QED) is 0.540. The minimum absolute atomic E-state index is 0.154. The van der Waals surface area contributed by atoms with Crippen molar-refractivity contribution in [1.29, 1.82) is 0 Å². The minimum atomic E-state index is -1.23. The van der Waals surface area contributed by atoms with Crippen molar-refractivity contribution >= 4 is 17.8 Å². The molecule has 0 radical (unpaired) electrons. The molecule has 0 bridgehead atoms. The summed E-state index contributed by atoms with van der Waals surface area (Å²) in [5, 5.41) is 10.8. The van der Waals surface area contributed by atoms with Gasteiger partial charge < -0.3 is 15.2 Å². The number of carboxylic acids is 1. The third kappa shape index (κ3) is 6.67. The first kappa shape index (κ1) is 16.1. The first-order valence-corrected chi connectivity index (χ1v) is 5.66. The number of esters is 1. The van der Waals surface area contributed by atoms with Crippen LogP contribution in [0.2, 0.25) is 0 Å². The van der Waals surface area contributed by atoms with Gasteiger partial charge in [0.15, 0.2) is 0 Å². The summed E-state index contributed by atoms with van der Waals surface area (Å²) >= 11 is 0. The van der Waals surface area contributed by atoms with Crippen LogP contribution in [0.25, 0.3) is 0 Å². The van der Waals surface area contributed by atoms with Crippen molar-refractivity contribution in [3.05, 3.63) is 12.2 Å². The van der Waals surface area contributed by atoms with Crippen LogP contribution in [0.3, 0.4) is 0 Å². The molecule has 0 aliphatic rings. The van der Waals surface area contributed by atoms with E-state index in [1.807, 2.05) is 0 Å². The van der Waals surface area contributed by atoms with Crippen LogP contribution in [0.1, 0.15) is 27.7 Å². The zero-order valence-corrected chi connectivity index (χ0v) is 11.0. The Labute approximate surface area is 106 Å². The van der Waals surface area contributed by atoms with E-state index in [1.54, 1.807) is 27.7 Å². The van der Waals surface area contributed by atoms with Gasteiger partial charge in [0.25, 0.3) is 0 Å². The molecule has 0 saturated carbocycles. The zero-order valence-electron chi connectivity index (χ0n) is 11.0. The number of hydrogen-bond donors (Lipinski definition) is 2. The van der Waals surface area contributed by atoms with E-state index in [-0.39, 0.29) is 12.0 Å². The highest BCUT2D eigenvalue weighted by molar-refractivity contribution is 5.96. The highest BCUT2D eigenvalue weighted by Gasteiger charge is 2.25. The third-order valence-electron chi connectivity index (χ3n) is 1.95. The molecule has 1 amide bonds. The number of carbonyl (C=O) groups excluding carboxylic acids is 2. The second kappa shape index (κ2) is 7.47. The number of carboxylic acid groups (broad SMARTS) is 1. The number of aliphatic carboxylic acids is 1. The lowest BCUT2D eigenvalue weighted by atomic mass is 10.0. The Hall–Kier alpha value is -1.85. The van der Waals surface area contributed by atoms with Crippen molar-refractivity contribution in [2.75, 3.05) is 0 Å². The Morgan fingerprint density at radius 2 is 1.67 bits per heavy atom. The molecule has 0 aliphatic heterocycles. The van der Waals surface area contributed by atoms with Crippen molar-refractivity contribution in [1.82, 2.24) is 5.32 Å². The Bertz CT molecular complexity index is 346. The van der Waals surface area contributed by atoms with Gasteiger partial charge in [-0.15, -0.1) is 0 Å². The monoisotopic (exact) mass is 257 g/mol. The Kier molecular flexibility index (Phi) is 6.70. The summed E-state index contributed by atoms with van der Waals surface area (Å²) in [6.07, 6.45) is 1.30. The van der Waals surface area contributed by atoms with E-state index < -0.39 is 23.9 Å². The molecule has 0 aromatic carbocycles. The van der Waals surface area contributed by atoms with E-state index in [1.165, 1.54) is 0 Å². The molecule has 0 fully saturated rings. The van der Waals surface area contributed by atoms with Crippen LogP contribution in [0.5, 0.6) is 0 Å². The molecule has 0 aliphatic carbocycles. The molecule has 0 aromatic heterocycles. The first-order valence-electron chi connectivity index (χ1n) is 5.66. The molecule has 102 valence electrons. The molecule has 0 rings (SSSR count). The molecule has 0 unspecified atom stereocenters. The zero-order chi connectivity index (χ0) is 14.3. The molecule has 0 aromatic rings. The minimum Gasteiger partial charge on any atom is -0.478 e. The van der Waals surface area contributed by atoms with Gasteiger partial charge in [0.05, 0.1) is 6.10 Å². The van der Waals surface area contributed by atoms with Crippen LogP contribution in [0, 0.1) is 5.92 Å². The number of nitrogens with one attached hydrogen (secondary N) is 1. The van der Waals surface area contributed by atoms with Crippen molar-refractivity contribution in [2.45, 2.75) is 39.8 Å². The van der Waals surface area contributed by atoms with Crippen LogP contribution in [-0.2, 0) is 19.1 Å².